The van der Waals surface area contributed by atoms with Gasteiger partial charge in [0.15, 0.2) is 0 Å². The van der Waals surface area contributed by atoms with Crippen LogP contribution in [0.4, 0.5) is 5.69 Å². The summed E-state index contributed by atoms with van der Waals surface area (Å²) in [5.41, 5.74) is 8.38. The zero-order valence-corrected chi connectivity index (χ0v) is 11.1. The number of aromatic nitrogens is 1. The molecule has 0 bridgehead atoms. The van der Waals surface area contributed by atoms with E-state index >= 15 is 0 Å². The van der Waals surface area contributed by atoms with E-state index in [1.54, 1.807) is 16.7 Å². The number of pyridine rings is 1. The summed E-state index contributed by atoms with van der Waals surface area (Å²) in [5.74, 6) is 0. The highest BCUT2D eigenvalue weighted by Gasteiger charge is 2.04. The smallest absolute Gasteiger partial charge is 0.251 e. The highest BCUT2D eigenvalue weighted by Crippen LogP contribution is 2.20. The van der Waals surface area contributed by atoms with Crippen LogP contribution >= 0.6 is 15.9 Å². The van der Waals surface area contributed by atoms with Gasteiger partial charge in [0.25, 0.3) is 5.56 Å². The molecule has 1 aromatic heterocycles. The van der Waals surface area contributed by atoms with Gasteiger partial charge < -0.3 is 10.3 Å². The lowest BCUT2D eigenvalue weighted by Crippen LogP contribution is -2.21. The van der Waals surface area contributed by atoms with Gasteiger partial charge in [-0.05, 0) is 30.7 Å². The molecule has 0 aliphatic rings. The van der Waals surface area contributed by atoms with Crippen LogP contribution in [0.15, 0.2) is 45.7 Å². The Morgan fingerprint density at radius 3 is 2.71 bits per heavy atom. The Morgan fingerprint density at radius 1 is 1.29 bits per heavy atom. The zero-order chi connectivity index (χ0) is 12.4. The van der Waals surface area contributed by atoms with Gasteiger partial charge in [0.2, 0.25) is 0 Å². The van der Waals surface area contributed by atoms with Crippen LogP contribution < -0.4 is 11.3 Å². The molecule has 0 amide bonds. The van der Waals surface area contributed by atoms with Crippen LogP contribution in [0.25, 0.3) is 0 Å². The molecule has 0 saturated carbocycles. The number of halogens is 1. The van der Waals surface area contributed by atoms with Gasteiger partial charge in [-0.1, -0.05) is 28.1 Å². The van der Waals surface area contributed by atoms with E-state index in [0.29, 0.717) is 12.2 Å². The Hall–Kier alpha value is -1.55. The summed E-state index contributed by atoms with van der Waals surface area (Å²) in [5, 5.41) is 0. The SMILES string of the molecule is Cc1cccc(=O)n1Cc1ccc(N)cc1Br. The molecule has 0 fully saturated rings. The first-order valence-corrected chi connectivity index (χ1v) is 6.07. The van der Waals surface area contributed by atoms with Gasteiger partial charge in [0.1, 0.15) is 0 Å². The minimum Gasteiger partial charge on any atom is -0.399 e. The van der Waals surface area contributed by atoms with Crippen LogP contribution in [0.5, 0.6) is 0 Å². The van der Waals surface area contributed by atoms with E-state index in [0.717, 1.165) is 15.7 Å². The Bertz CT molecular complexity index is 605. The molecule has 0 aliphatic carbocycles. The van der Waals surface area contributed by atoms with Crippen molar-refractivity contribution in [2.75, 3.05) is 5.73 Å². The van der Waals surface area contributed by atoms with Gasteiger partial charge in [-0.15, -0.1) is 0 Å². The lowest BCUT2D eigenvalue weighted by atomic mass is 10.2. The Labute approximate surface area is 108 Å². The van der Waals surface area contributed by atoms with Gasteiger partial charge in [-0.3, -0.25) is 4.79 Å². The van der Waals surface area contributed by atoms with E-state index in [9.17, 15) is 4.79 Å². The second-order valence-electron chi connectivity index (χ2n) is 3.94. The summed E-state index contributed by atoms with van der Waals surface area (Å²) in [6.07, 6.45) is 0. The number of nitrogens with zero attached hydrogens (tertiary/aromatic N) is 1. The molecule has 0 unspecified atom stereocenters. The first-order chi connectivity index (χ1) is 8.08. The molecule has 88 valence electrons. The normalized spacial score (nSPS) is 10.5. The van der Waals surface area contributed by atoms with Crippen LogP contribution in [0.2, 0.25) is 0 Å². The monoisotopic (exact) mass is 292 g/mol. The average molecular weight is 293 g/mol. The molecule has 2 aromatic rings. The summed E-state index contributed by atoms with van der Waals surface area (Å²) in [6, 6.07) is 10.9. The van der Waals surface area contributed by atoms with Crippen LogP contribution in [0, 0.1) is 6.92 Å². The fourth-order valence-corrected chi connectivity index (χ4v) is 2.21. The lowest BCUT2D eigenvalue weighted by molar-refractivity contribution is 0.728. The molecule has 0 saturated heterocycles. The molecule has 2 rings (SSSR count). The summed E-state index contributed by atoms with van der Waals surface area (Å²) in [6.45, 7) is 2.47. The third-order valence-electron chi connectivity index (χ3n) is 2.67. The van der Waals surface area contributed by atoms with Gasteiger partial charge >= 0.3 is 0 Å². The fraction of sp³-hybridized carbons (Fsp3) is 0.154. The van der Waals surface area contributed by atoms with Gasteiger partial charge in [0, 0.05) is 21.9 Å². The number of hydrogen-bond donors (Lipinski definition) is 1. The summed E-state index contributed by atoms with van der Waals surface area (Å²) in [4.78, 5) is 11.7. The van der Waals surface area contributed by atoms with E-state index in [1.165, 1.54) is 0 Å². The molecule has 0 radical (unpaired) electrons. The highest BCUT2D eigenvalue weighted by atomic mass is 79.9. The third kappa shape index (κ3) is 2.58. The van der Waals surface area contributed by atoms with Crippen molar-refractivity contribution in [3.05, 3.63) is 62.5 Å². The fourth-order valence-electron chi connectivity index (χ4n) is 1.69. The minimum absolute atomic E-state index is 0.00808. The molecule has 0 atom stereocenters. The number of rotatable bonds is 2. The maximum atomic E-state index is 11.7. The van der Waals surface area contributed by atoms with Crippen molar-refractivity contribution >= 4 is 21.6 Å². The van der Waals surface area contributed by atoms with Crippen molar-refractivity contribution in [2.45, 2.75) is 13.5 Å². The molecular formula is C13H13BrN2O. The van der Waals surface area contributed by atoms with Crippen LogP contribution in [0.3, 0.4) is 0 Å². The van der Waals surface area contributed by atoms with Gasteiger partial charge in [-0.25, -0.2) is 0 Å². The molecule has 1 heterocycles. The first kappa shape index (κ1) is 11.9. The van der Waals surface area contributed by atoms with Crippen LogP contribution in [0.1, 0.15) is 11.3 Å². The predicted molar refractivity (Wildman–Crippen MR) is 73.1 cm³/mol. The Kier molecular flexibility index (Phi) is 3.33. The molecule has 3 nitrogen and oxygen atoms in total. The molecule has 17 heavy (non-hydrogen) atoms. The molecule has 2 N–H and O–H groups in total. The quantitative estimate of drug-likeness (QED) is 0.865. The number of hydrogen-bond acceptors (Lipinski definition) is 2. The van der Waals surface area contributed by atoms with Crippen LogP contribution in [-0.4, -0.2) is 4.57 Å². The van der Waals surface area contributed by atoms with Crippen molar-refractivity contribution in [3.8, 4) is 0 Å². The third-order valence-corrected chi connectivity index (χ3v) is 3.41. The van der Waals surface area contributed by atoms with E-state index in [-0.39, 0.29) is 5.56 Å². The van der Waals surface area contributed by atoms with E-state index in [4.69, 9.17) is 5.73 Å². The molecule has 1 aromatic carbocycles. The maximum Gasteiger partial charge on any atom is 0.251 e. The van der Waals surface area contributed by atoms with Crippen molar-refractivity contribution in [3.63, 3.8) is 0 Å². The maximum absolute atomic E-state index is 11.7. The van der Waals surface area contributed by atoms with Crippen LogP contribution in [-0.2, 0) is 6.54 Å². The van der Waals surface area contributed by atoms with Crippen molar-refractivity contribution in [1.82, 2.24) is 4.57 Å². The zero-order valence-electron chi connectivity index (χ0n) is 9.48. The topological polar surface area (TPSA) is 48.0 Å². The van der Waals surface area contributed by atoms with Crippen molar-refractivity contribution in [2.24, 2.45) is 0 Å². The summed E-state index contributed by atoms with van der Waals surface area (Å²) >= 11 is 3.46. The van der Waals surface area contributed by atoms with Gasteiger partial charge in [-0.2, -0.15) is 0 Å². The molecular weight excluding hydrogens is 280 g/mol. The minimum atomic E-state index is 0.00808. The van der Waals surface area contributed by atoms with Gasteiger partial charge in [0.05, 0.1) is 6.54 Å². The van der Waals surface area contributed by atoms with E-state index in [2.05, 4.69) is 15.9 Å². The Morgan fingerprint density at radius 2 is 2.06 bits per heavy atom. The molecule has 4 heteroatoms. The number of aryl methyl sites for hydroxylation is 1. The first-order valence-electron chi connectivity index (χ1n) is 5.28. The number of nitrogens with two attached hydrogens (primary N) is 1. The van der Waals surface area contributed by atoms with E-state index < -0.39 is 0 Å². The van der Waals surface area contributed by atoms with E-state index in [1.807, 2.05) is 31.2 Å². The summed E-state index contributed by atoms with van der Waals surface area (Å²) < 4.78 is 2.66. The lowest BCUT2D eigenvalue weighted by Gasteiger charge is -2.11. The van der Waals surface area contributed by atoms with Crippen molar-refractivity contribution < 1.29 is 0 Å². The second kappa shape index (κ2) is 4.75. The predicted octanol–water partition coefficient (Wildman–Crippen LogP) is 2.55. The highest BCUT2D eigenvalue weighted by molar-refractivity contribution is 9.10. The molecule has 0 aliphatic heterocycles. The largest absolute Gasteiger partial charge is 0.399 e. The molecule has 0 spiro atoms. The Balaban J connectivity index is 2.42. The number of nitrogen functional groups attached to an aromatic ring is 1. The summed E-state index contributed by atoms with van der Waals surface area (Å²) in [7, 11) is 0. The van der Waals surface area contributed by atoms with Crippen molar-refractivity contribution in [1.29, 1.82) is 0 Å². The second-order valence-corrected chi connectivity index (χ2v) is 4.80. The average Bonchev–Trinajstić information content (AvgIpc) is 2.26. The number of anilines is 1. The standard InChI is InChI=1S/C13H13BrN2O/c1-9-3-2-4-13(17)16(9)8-10-5-6-11(15)7-12(10)14/h2-7H,8,15H2,1H3. The number of benzene rings is 1.